The van der Waals surface area contributed by atoms with Crippen molar-refractivity contribution < 1.29 is 4.42 Å². The van der Waals surface area contributed by atoms with Crippen LogP contribution in [0.5, 0.6) is 0 Å². The highest BCUT2D eigenvalue weighted by Gasteiger charge is 2.23. The molecule has 1 atom stereocenters. The minimum Gasteiger partial charge on any atom is -0.432 e. The van der Waals surface area contributed by atoms with E-state index in [9.17, 15) is 0 Å². The van der Waals surface area contributed by atoms with E-state index in [1.54, 1.807) is 6.26 Å². The number of aromatic nitrogens is 1. The largest absolute Gasteiger partial charge is 0.432 e. The van der Waals surface area contributed by atoms with Crippen LogP contribution in [0.15, 0.2) is 10.7 Å². The molecule has 4 heteroatoms. The molecule has 66 valence electrons. The highest BCUT2D eigenvalue weighted by atomic mass is 16.4. The molecule has 0 radical (unpaired) electrons. The van der Waals surface area contributed by atoms with Crippen LogP contribution in [-0.4, -0.2) is 30.0 Å². The van der Waals surface area contributed by atoms with E-state index in [2.05, 4.69) is 16.9 Å². The Hall–Kier alpha value is -1.03. The van der Waals surface area contributed by atoms with Crippen molar-refractivity contribution in [1.82, 2.24) is 9.88 Å². The summed E-state index contributed by atoms with van der Waals surface area (Å²) in [6, 6.07) is 0.277. The molecule has 1 aromatic heterocycles. The molecule has 12 heavy (non-hydrogen) atoms. The second-order valence-electron chi connectivity index (χ2n) is 3.36. The molecule has 1 aliphatic rings. The summed E-state index contributed by atoms with van der Waals surface area (Å²) in [5, 5.41) is 0. The number of hydrogen-bond donors (Lipinski definition) is 1. The molecular formula is C8H13N3O. The lowest BCUT2D eigenvalue weighted by atomic mass is 10.1. The van der Waals surface area contributed by atoms with Crippen molar-refractivity contribution in [3.63, 3.8) is 0 Å². The van der Waals surface area contributed by atoms with Gasteiger partial charge in [-0.2, -0.15) is 4.98 Å². The van der Waals surface area contributed by atoms with Gasteiger partial charge >= 0.3 is 0 Å². The number of rotatable bonds is 1. The first-order chi connectivity index (χ1) is 5.75. The van der Waals surface area contributed by atoms with Gasteiger partial charge in [0.05, 0.1) is 5.69 Å². The van der Waals surface area contributed by atoms with Crippen LogP contribution in [0.1, 0.15) is 18.0 Å². The molecule has 2 rings (SSSR count). The van der Waals surface area contributed by atoms with Gasteiger partial charge in [-0.1, -0.05) is 0 Å². The number of likely N-dealkylation sites (tertiary alicyclic amines) is 1. The van der Waals surface area contributed by atoms with E-state index in [1.807, 2.05) is 0 Å². The first kappa shape index (κ1) is 7.61. The number of hydrogen-bond acceptors (Lipinski definition) is 4. The molecular weight excluding hydrogens is 154 g/mol. The van der Waals surface area contributed by atoms with Gasteiger partial charge in [-0.3, -0.25) is 0 Å². The zero-order valence-electron chi connectivity index (χ0n) is 7.16. The monoisotopic (exact) mass is 167 g/mol. The average molecular weight is 167 g/mol. The fourth-order valence-corrected chi connectivity index (χ4v) is 1.66. The number of nitrogen functional groups attached to an aromatic ring is 1. The fraction of sp³-hybridized carbons (Fsp3) is 0.625. The number of nitrogens with two attached hydrogens (primary N) is 1. The fourth-order valence-electron chi connectivity index (χ4n) is 1.66. The van der Waals surface area contributed by atoms with Crippen LogP contribution in [0.2, 0.25) is 0 Å². The summed E-state index contributed by atoms with van der Waals surface area (Å²) in [4.78, 5) is 6.40. The summed E-state index contributed by atoms with van der Waals surface area (Å²) >= 11 is 0. The lowest BCUT2D eigenvalue weighted by Gasteiger charge is -2.05. The van der Waals surface area contributed by atoms with Gasteiger partial charge in [-0.25, -0.2) is 0 Å². The first-order valence-corrected chi connectivity index (χ1v) is 4.15. The lowest BCUT2D eigenvalue weighted by Crippen LogP contribution is -2.13. The average Bonchev–Trinajstić information content (AvgIpc) is 2.58. The third kappa shape index (κ3) is 1.30. The minimum atomic E-state index is 0.277. The maximum absolute atomic E-state index is 5.39. The molecule has 1 aliphatic heterocycles. The summed E-state index contributed by atoms with van der Waals surface area (Å²) in [6.45, 7) is 2.20. The van der Waals surface area contributed by atoms with Crippen LogP contribution in [0.4, 0.5) is 6.01 Å². The molecule has 1 aromatic rings. The maximum Gasteiger partial charge on any atom is 0.292 e. The van der Waals surface area contributed by atoms with Gasteiger partial charge in [-0.15, -0.1) is 0 Å². The SMILES string of the molecule is CN1CCC(c2coc(N)n2)C1. The Morgan fingerprint density at radius 1 is 1.75 bits per heavy atom. The van der Waals surface area contributed by atoms with Crippen molar-refractivity contribution in [1.29, 1.82) is 0 Å². The van der Waals surface area contributed by atoms with Crippen molar-refractivity contribution in [2.45, 2.75) is 12.3 Å². The first-order valence-electron chi connectivity index (χ1n) is 4.15. The maximum atomic E-state index is 5.39. The molecule has 0 saturated carbocycles. The van der Waals surface area contributed by atoms with Crippen molar-refractivity contribution in [2.24, 2.45) is 0 Å². The topological polar surface area (TPSA) is 55.3 Å². The van der Waals surface area contributed by atoms with E-state index < -0.39 is 0 Å². The Bertz CT molecular complexity index is 271. The van der Waals surface area contributed by atoms with Gasteiger partial charge in [0.15, 0.2) is 0 Å². The summed E-state index contributed by atoms with van der Waals surface area (Å²) in [5.41, 5.74) is 6.39. The number of nitrogens with zero attached hydrogens (tertiary/aromatic N) is 2. The Morgan fingerprint density at radius 2 is 2.58 bits per heavy atom. The number of anilines is 1. The highest BCUT2D eigenvalue weighted by Crippen LogP contribution is 2.25. The normalized spacial score (nSPS) is 24.9. The van der Waals surface area contributed by atoms with Gasteiger partial charge in [-0.05, 0) is 20.0 Å². The predicted molar refractivity (Wildman–Crippen MR) is 45.8 cm³/mol. The molecule has 2 N–H and O–H groups in total. The van der Waals surface area contributed by atoms with E-state index in [0.29, 0.717) is 5.92 Å². The molecule has 1 fully saturated rings. The second-order valence-corrected chi connectivity index (χ2v) is 3.36. The van der Waals surface area contributed by atoms with E-state index in [-0.39, 0.29) is 6.01 Å². The molecule has 0 spiro atoms. The molecule has 2 heterocycles. The van der Waals surface area contributed by atoms with E-state index in [1.165, 1.54) is 0 Å². The number of oxazole rings is 1. The van der Waals surface area contributed by atoms with Crippen molar-refractivity contribution >= 4 is 6.01 Å². The van der Waals surface area contributed by atoms with Crippen molar-refractivity contribution in [2.75, 3.05) is 25.9 Å². The Labute approximate surface area is 71.4 Å². The molecule has 0 bridgehead atoms. The van der Waals surface area contributed by atoms with E-state index in [0.717, 1.165) is 25.2 Å². The molecule has 0 amide bonds. The van der Waals surface area contributed by atoms with Gasteiger partial charge in [0.25, 0.3) is 6.01 Å². The summed E-state index contributed by atoms with van der Waals surface area (Å²) in [7, 11) is 2.11. The second kappa shape index (κ2) is 2.79. The van der Waals surface area contributed by atoms with E-state index >= 15 is 0 Å². The smallest absolute Gasteiger partial charge is 0.292 e. The predicted octanol–water partition coefficient (Wildman–Crippen LogP) is 0.676. The molecule has 0 aliphatic carbocycles. The van der Waals surface area contributed by atoms with Crippen LogP contribution in [0.25, 0.3) is 0 Å². The van der Waals surface area contributed by atoms with Crippen LogP contribution in [0.3, 0.4) is 0 Å². The zero-order valence-corrected chi connectivity index (χ0v) is 7.16. The van der Waals surface area contributed by atoms with Gasteiger partial charge in [0.1, 0.15) is 6.26 Å². The standard InChI is InChI=1S/C8H13N3O/c1-11-3-2-6(4-11)7-5-12-8(9)10-7/h5-6H,2-4H2,1H3,(H2,9,10). The summed E-state index contributed by atoms with van der Waals surface area (Å²) in [5.74, 6) is 0.510. The summed E-state index contributed by atoms with van der Waals surface area (Å²) in [6.07, 6.45) is 2.82. The van der Waals surface area contributed by atoms with Crippen LogP contribution >= 0.6 is 0 Å². The van der Waals surface area contributed by atoms with Gasteiger partial charge < -0.3 is 15.1 Å². The molecule has 1 saturated heterocycles. The summed E-state index contributed by atoms with van der Waals surface area (Å²) < 4.78 is 4.96. The van der Waals surface area contributed by atoms with Crippen molar-refractivity contribution in [3.05, 3.63) is 12.0 Å². The van der Waals surface area contributed by atoms with Crippen LogP contribution < -0.4 is 5.73 Å². The van der Waals surface area contributed by atoms with Gasteiger partial charge in [0, 0.05) is 12.5 Å². The number of likely N-dealkylation sites (N-methyl/N-ethyl adjacent to an activating group) is 1. The van der Waals surface area contributed by atoms with Crippen molar-refractivity contribution in [3.8, 4) is 0 Å². The highest BCUT2D eigenvalue weighted by molar-refractivity contribution is 5.16. The van der Waals surface area contributed by atoms with Gasteiger partial charge in [0.2, 0.25) is 0 Å². The van der Waals surface area contributed by atoms with Crippen LogP contribution in [0, 0.1) is 0 Å². The minimum absolute atomic E-state index is 0.277. The third-order valence-corrected chi connectivity index (χ3v) is 2.35. The van der Waals surface area contributed by atoms with Crippen LogP contribution in [-0.2, 0) is 0 Å². The molecule has 4 nitrogen and oxygen atoms in total. The zero-order chi connectivity index (χ0) is 8.55. The molecule has 0 aromatic carbocycles. The quantitative estimate of drug-likeness (QED) is 0.668. The molecule has 1 unspecified atom stereocenters. The Balaban J connectivity index is 2.11. The van der Waals surface area contributed by atoms with E-state index in [4.69, 9.17) is 10.2 Å². The third-order valence-electron chi connectivity index (χ3n) is 2.35. The lowest BCUT2D eigenvalue weighted by molar-refractivity contribution is 0.410. The Morgan fingerprint density at radius 3 is 3.08 bits per heavy atom. The Kier molecular flexibility index (Phi) is 1.77.